The second-order valence-corrected chi connectivity index (χ2v) is 14.7. The molecule has 0 saturated carbocycles. The number of nitrogens with zero attached hydrogens (tertiary/aromatic N) is 1. The molecule has 0 atom stereocenters. The minimum Gasteiger partial charge on any atom is -0.355 e. The molecule has 0 aromatic heterocycles. The number of carbonyl (C=O) groups excluding carboxylic acids is 3. The van der Waals surface area contributed by atoms with Crippen molar-refractivity contribution in [1.82, 2.24) is 20.9 Å². The van der Waals surface area contributed by atoms with Crippen LogP contribution in [0.15, 0.2) is 0 Å². The summed E-state index contributed by atoms with van der Waals surface area (Å²) in [6, 6.07) is 0. The van der Waals surface area contributed by atoms with E-state index in [9.17, 15) is 14.4 Å². The molecule has 7 nitrogen and oxygen atoms in total. The van der Waals surface area contributed by atoms with Gasteiger partial charge in [-0.15, -0.1) is 0 Å². The quantitative estimate of drug-likeness (QED) is 0.0559. The van der Waals surface area contributed by atoms with Crippen LogP contribution >= 0.6 is 0 Å². The van der Waals surface area contributed by atoms with Crippen molar-refractivity contribution in [2.45, 2.75) is 213 Å². The van der Waals surface area contributed by atoms with Crippen molar-refractivity contribution in [2.24, 2.45) is 0 Å². The Morgan fingerprint density at radius 2 is 0.490 bits per heavy atom. The molecule has 0 spiro atoms. The molecule has 0 aliphatic heterocycles. The molecule has 7 heteroatoms. The lowest BCUT2D eigenvalue weighted by atomic mass is 10.1. The highest BCUT2D eigenvalue weighted by Crippen LogP contribution is 2.12. The van der Waals surface area contributed by atoms with E-state index in [2.05, 4.69) is 36.7 Å². The van der Waals surface area contributed by atoms with Gasteiger partial charge in [-0.3, -0.25) is 19.3 Å². The van der Waals surface area contributed by atoms with E-state index in [0.29, 0.717) is 19.6 Å². The van der Waals surface area contributed by atoms with Gasteiger partial charge in [0, 0.05) is 19.6 Å². The number of hydrogen-bond acceptors (Lipinski definition) is 4. The Morgan fingerprint density at radius 1 is 0.306 bits per heavy atom. The van der Waals surface area contributed by atoms with E-state index in [4.69, 9.17) is 0 Å². The first-order valence-corrected chi connectivity index (χ1v) is 21.6. The Balaban J connectivity index is 4.35. The summed E-state index contributed by atoms with van der Waals surface area (Å²) in [5.74, 6) is -0.331. The maximum Gasteiger partial charge on any atom is 0.234 e. The Labute approximate surface area is 305 Å². The predicted octanol–water partition coefficient (Wildman–Crippen LogP) is 10.4. The topological polar surface area (TPSA) is 90.5 Å². The van der Waals surface area contributed by atoms with Gasteiger partial charge in [0.15, 0.2) is 0 Å². The molecule has 290 valence electrons. The highest BCUT2D eigenvalue weighted by Gasteiger charge is 2.17. The summed E-state index contributed by atoms with van der Waals surface area (Å²) >= 11 is 0. The lowest BCUT2D eigenvalue weighted by Gasteiger charge is -2.21. The van der Waals surface area contributed by atoms with Crippen molar-refractivity contribution in [3.05, 3.63) is 0 Å². The van der Waals surface area contributed by atoms with Gasteiger partial charge in [-0.2, -0.15) is 0 Å². The second-order valence-electron chi connectivity index (χ2n) is 14.7. The number of unbranched alkanes of at least 4 members (excludes halogenated alkanes) is 27. The van der Waals surface area contributed by atoms with E-state index in [1.807, 2.05) is 0 Å². The third kappa shape index (κ3) is 37.5. The van der Waals surface area contributed by atoms with Crippen molar-refractivity contribution in [3.63, 3.8) is 0 Å². The van der Waals surface area contributed by atoms with E-state index in [0.717, 1.165) is 38.5 Å². The fraction of sp³-hybridized carbons (Fsp3) is 0.929. The molecular formula is C42H84N4O3. The number of hydrogen-bond donors (Lipinski definition) is 3. The average molecular weight is 693 g/mol. The molecule has 0 aliphatic rings. The third-order valence-corrected chi connectivity index (χ3v) is 9.66. The van der Waals surface area contributed by atoms with Gasteiger partial charge in [0.05, 0.1) is 19.6 Å². The molecule has 3 amide bonds. The largest absolute Gasteiger partial charge is 0.355 e. The normalized spacial score (nSPS) is 11.3. The van der Waals surface area contributed by atoms with E-state index in [1.165, 1.54) is 154 Å². The first-order valence-electron chi connectivity index (χ1n) is 21.6. The molecule has 0 heterocycles. The van der Waals surface area contributed by atoms with Gasteiger partial charge in [0.1, 0.15) is 0 Å². The Kier molecular flexibility index (Phi) is 37.9. The van der Waals surface area contributed by atoms with Crippen molar-refractivity contribution in [1.29, 1.82) is 0 Å². The van der Waals surface area contributed by atoms with Gasteiger partial charge in [-0.05, 0) is 19.3 Å². The van der Waals surface area contributed by atoms with Gasteiger partial charge in [0.2, 0.25) is 17.7 Å². The molecule has 3 N–H and O–H groups in total. The van der Waals surface area contributed by atoms with Crippen molar-refractivity contribution >= 4 is 17.7 Å². The monoisotopic (exact) mass is 693 g/mol. The number of amides is 3. The predicted molar refractivity (Wildman–Crippen MR) is 211 cm³/mol. The molecule has 0 unspecified atom stereocenters. The van der Waals surface area contributed by atoms with Gasteiger partial charge < -0.3 is 16.0 Å². The number of rotatable bonds is 39. The van der Waals surface area contributed by atoms with E-state index >= 15 is 0 Å². The van der Waals surface area contributed by atoms with E-state index in [-0.39, 0.29) is 37.4 Å². The summed E-state index contributed by atoms with van der Waals surface area (Å²) in [5, 5.41) is 9.07. The van der Waals surface area contributed by atoms with Gasteiger partial charge in [-0.25, -0.2) is 0 Å². The average Bonchev–Trinajstić information content (AvgIpc) is 3.08. The van der Waals surface area contributed by atoms with Crippen LogP contribution in [0.25, 0.3) is 0 Å². The summed E-state index contributed by atoms with van der Waals surface area (Å²) in [5.41, 5.74) is 0. The summed E-state index contributed by atoms with van der Waals surface area (Å²) in [4.78, 5) is 40.0. The highest BCUT2D eigenvalue weighted by atomic mass is 16.2. The smallest absolute Gasteiger partial charge is 0.234 e. The van der Waals surface area contributed by atoms with E-state index < -0.39 is 0 Å². The SMILES string of the molecule is CCCCCCCCCCCCNC(=O)CN(CC(=O)NCCCCCCCCCCCC)CC(=O)NCCCCCCCCCCCC. The Morgan fingerprint density at radius 3 is 0.694 bits per heavy atom. The lowest BCUT2D eigenvalue weighted by molar-refractivity contribution is -0.127. The molecule has 49 heavy (non-hydrogen) atoms. The molecule has 0 saturated heterocycles. The minimum absolute atomic E-state index is 0.0646. The first kappa shape index (κ1) is 47.4. The summed E-state index contributed by atoms with van der Waals surface area (Å²) in [6.07, 6.45) is 37.8. The Bertz CT molecular complexity index is 638. The summed E-state index contributed by atoms with van der Waals surface area (Å²) < 4.78 is 0. The van der Waals surface area contributed by atoms with Crippen molar-refractivity contribution < 1.29 is 14.4 Å². The molecular weight excluding hydrogens is 608 g/mol. The van der Waals surface area contributed by atoms with Crippen LogP contribution in [-0.2, 0) is 14.4 Å². The van der Waals surface area contributed by atoms with Crippen LogP contribution < -0.4 is 16.0 Å². The van der Waals surface area contributed by atoms with E-state index in [1.54, 1.807) is 4.90 Å². The van der Waals surface area contributed by atoms with Crippen molar-refractivity contribution in [2.75, 3.05) is 39.3 Å². The minimum atomic E-state index is -0.110. The second kappa shape index (κ2) is 39.2. The molecule has 0 fully saturated rings. The Hall–Kier alpha value is -1.63. The zero-order valence-corrected chi connectivity index (χ0v) is 33.1. The van der Waals surface area contributed by atoms with Crippen molar-refractivity contribution in [3.8, 4) is 0 Å². The fourth-order valence-electron chi connectivity index (χ4n) is 6.47. The zero-order chi connectivity index (χ0) is 35.9. The summed E-state index contributed by atoms with van der Waals surface area (Å²) in [6.45, 7) is 8.91. The van der Waals surface area contributed by atoms with Crippen LogP contribution in [0, 0.1) is 0 Å². The van der Waals surface area contributed by atoms with Crippen LogP contribution in [0.5, 0.6) is 0 Å². The van der Waals surface area contributed by atoms with Gasteiger partial charge in [-0.1, -0.05) is 194 Å². The standard InChI is InChI=1S/C42H84N4O3/c1-4-7-10-13-16-19-22-25-28-31-34-43-40(47)37-46(38-41(48)44-35-32-29-26-23-20-17-14-11-8-5-2)39-42(49)45-36-33-30-27-24-21-18-15-12-9-6-3/h4-39H2,1-3H3,(H,43,47)(H,44,48)(H,45,49). The van der Waals surface area contributed by atoms with Crippen LogP contribution in [-0.4, -0.2) is 61.9 Å². The molecule has 0 rings (SSSR count). The van der Waals surface area contributed by atoms with Crippen LogP contribution in [0.1, 0.15) is 213 Å². The fourth-order valence-corrected chi connectivity index (χ4v) is 6.47. The maximum atomic E-state index is 12.8. The number of nitrogens with one attached hydrogen (secondary N) is 3. The van der Waals surface area contributed by atoms with Gasteiger partial charge in [0.25, 0.3) is 0 Å². The highest BCUT2D eigenvalue weighted by molar-refractivity contribution is 5.84. The van der Waals surface area contributed by atoms with Crippen LogP contribution in [0.2, 0.25) is 0 Å². The molecule has 0 aromatic carbocycles. The zero-order valence-electron chi connectivity index (χ0n) is 33.1. The number of carbonyl (C=O) groups is 3. The lowest BCUT2D eigenvalue weighted by Crippen LogP contribution is -2.47. The molecule has 0 radical (unpaired) electrons. The molecule has 0 aromatic rings. The van der Waals surface area contributed by atoms with Crippen LogP contribution in [0.4, 0.5) is 0 Å². The van der Waals surface area contributed by atoms with Crippen LogP contribution in [0.3, 0.4) is 0 Å². The third-order valence-electron chi connectivity index (χ3n) is 9.66. The maximum absolute atomic E-state index is 12.8. The summed E-state index contributed by atoms with van der Waals surface area (Å²) in [7, 11) is 0. The molecule has 0 aliphatic carbocycles. The van der Waals surface area contributed by atoms with Gasteiger partial charge >= 0.3 is 0 Å². The molecule has 0 bridgehead atoms. The first-order chi connectivity index (χ1) is 24.0.